The smallest absolute Gasteiger partial charge is 0.0394 e. The van der Waals surface area contributed by atoms with Crippen molar-refractivity contribution in [2.45, 2.75) is 125 Å². The van der Waals surface area contributed by atoms with E-state index in [0.29, 0.717) is 0 Å². The van der Waals surface area contributed by atoms with Crippen LogP contribution in [0.25, 0.3) is 0 Å². The van der Waals surface area contributed by atoms with Gasteiger partial charge in [-0.05, 0) is 30.1 Å². The Morgan fingerprint density at radius 2 is 1.00 bits per heavy atom. The first-order valence-corrected chi connectivity index (χ1v) is 11.0. The quantitative estimate of drug-likeness (QED) is 0.249. The Morgan fingerprint density at radius 3 is 1.48 bits per heavy atom. The zero-order valence-electron chi connectivity index (χ0n) is 17.5. The number of hydrogen-bond donors (Lipinski definition) is 0. The molecule has 0 nitrogen and oxygen atoms in total. The predicted octanol–water partition coefficient (Wildman–Crippen LogP) is 8.64. The summed E-state index contributed by atoms with van der Waals surface area (Å²) in [6.07, 6.45) is 18.8. The van der Waals surface area contributed by atoms with Gasteiger partial charge in [-0.2, -0.15) is 0 Å². The van der Waals surface area contributed by atoms with Crippen molar-refractivity contribution in [3.05, 3.63) is 0 Å². The highest BCUT2D eigenvalue weighted by Gasteiger charge is 2.20. The average Bonchev–Trinajstić information content (AvgIpc) is 2.53. The molecule has 0 aromatic carbocycles. The lowest BCUT2D eigenvalue weighted by Gasteiger charge is -2.28. The molecule has 0 saturated carbocycles. The first-order valence-electron chi connectivity index (χ1n) is 11.0. The van der Waals surface area contributed by atoms with Crippen molar-refractivity contribution < 1.29 is 0 Å². The van der Waals surface area contributed by atoms with Gasteiger partial charge in [0.2, 0.25) is 0 Å². The first-order chi connectivity index (χ1) is 11.0. The standard InChI is InChI=1S/C23H48/c1-7-9-11-13-14-16-18-23(17-15-12-10-8-2)19-21(5)22(6)20(3)4/h20-23H,7-19H2,1-6H3. The van der Waals surface area contributed by atoms with Crippen LogP contribution in [0.1, 0.15) is 125 Å². The van der Waals surface area contributed by atoms with E-state index in [1.165, 1.54) is 83.5 Å². The van der Waals surface area contributed by atoms with Crippen molar-refractivity contribution in [3.8, 4) is 0 Å². The molecule has 140 valence electrons. The summed E-state index contributed by atoms with van der Waals surface area (Å²) in [6, 6.07) is 0. The SMILES string of the molecule is CCCCCCCCC(CCCCCC)CC(C)C(C)C(C)C. The Morgan fingerprint density at radius 1 is 0.565 bits per heavy atom. The van der Waals surface area contributed by atoms with E-state index in [2.05, 4.69) is 41.5 Å². The molecule has 0 rings (SSSR count). The molecular weight excluding hydrogens is 276 g/mol. The Bertz CT molecular complexity index is 230. The van der Waals surface area contributed by atoms with E-state index in [9.17, 15) is 0 Å². The van der Waals surface area contributed by atoms with Gasteiger partial charge in [0.05, 0.1) is 0 Å². The maximum absolute atomic E-state index is 2.50. The molecule has 0 fully saturated rings. The number of unbranched alkanes of at least 4 members (excludes halogenated alkanes) is 8. The van der Waals surface area contributed by atoms with E-state index in [4.69, 9.17) is 0 Å². The van der Waals surface area contributed by atoms with Crippen molar-refractivity contribution in [1.82, 2.24) is 0 Å². The van der Waals surface area contributed by atoms with Crippen molar-refractivity contribution in [2.75, 3.05) is 0 Å². The third-order valence-corrected chi connectivity index (χ3v) is 6.09. The third kappa shape index (κ3) is 13.0. The molecule has 0 amide bonds. The lowest BCUT2D eigenvalue weighted by Crippen LogP contribution is -2.18. The molecule has 0 saturated heterocycles. The van der Waals surface area contributed by atoms with E-state index in [0.717, 1.165) is 23.7 Å². The maximum atomic E-state index is 2.50. The van der Waals surface area contributed by atoms with Gasteiger partial charge in [-0.1, -0.05) is 119 Å². The van der Waals surface area contributed by atoms with Crippen LogP contribution in [-0.4, -0.2) is 0 Å². The minimum Gasteiger partial charge on any atom is -0.0654 e. The minimum atomic E-state index is 0.833. The second-order valence-electron chi connectivity index (χ2n) is 8.59. The normalized spacial score (nSPS) is 15.8. The van der Waals surface area contributed by atoms with Gasteiger partial charge < -0.3 is 0 Å². The van der Waals surface area contributed by atoms with E-state index < -0.39 is 0 Å². The van der Waals surface area contributed by atoms with E-state index in [1.54, 1.807) is 0 Å². The molecule has 0 aromatic rings. The minimum absolute atomic E-state index is 0.833. The lowest BCUT2D eigenvalue weighted by molar-refractivity contribution is 0.230. The second-order valence-corrected chi connectivity index (χ2v) is 8.59. The molecule has 0 spiro atoms. The second kappa shape index (κ2) is 15.5. The zero-order chi connectivity index (χ0) is 17.5. The summed E-state index contributed by atoms with van der Waals surface area (Å²) in [4.78, 5) is 0. The van der Waals surface area contributed by atoms with Crippen LogP contribution in [0.15, 0.2) is 0 Å². The molecule has 3 unspecified atom stereocenters. The van der Waals surface area contributed by atoms with Crippen LogP contribution in [0, 0.1) is 23.7 Å². The number of rotatable bonds is 16. The topological polar surface area (TPSA) is 0 Å². The fourth-order valence-electron chi connectivity index (χ4n) is 3.85. The fourth-order valence-corrected chi connectivity index (χ4v) is 3.85. The van der Waals surface area contributed by atoms with Crippen LogP contribution < -0.4 is 0 Å². The van der Waals surface area contributed by atoms with E-state index >= 15 is 0 Å². The zero-order valence-corrected chi connectivity index (χ0v) is 17.5. The molecule has 3 atom stereocenters. The Balaban J connectivity index is 4.11. The van der Waals surface area contributed by atoms with Crippen LogP contribution in [0.2, 0.25) is 0 Å². The highest BCUT2D eigenvalue weighted by atomic mass is 14.3. The Labute approximate surface area is 149 Å². The molecule has 23 heavy (non-hydrogen) atoms. The molecule has 0 heteroatoms. The highest BCUT2D eigenvalue weighted by molar-refractivity contribution is 4.71. The van der Waals surface area contributed by atoms with Gasteiger partial charge in [-0.3, -0.25) is 0 Å². The van der Waals surface area contributed by atoms with Crippen molar-refractivity contribution in [3.63, 3.8) is 0 Å². The molecule has 0 radical (unpaired) electrons. The summed E-state index contributed by atoms with van der Waals surface area (Å²) in [5.41, 5.74) is 0. The molecule has 0 aliphatic heterocycles. The number of hydrogen-bond acceptors (Lipinski definition) is 0. The van der Waals surface area contributed by atoms with Crippen LogP contribution >= 0.6 is 0 Å². The van der Waals surface area contributed by atoms with Crippen LogP contribution in [0.4, 0.5) is 0 Å². The summed E-state index contributed by atoms with van der Waals surface area (Å²) in [5, 5.41) is 0. The Kier molecular flexibility index (Phi) is 15.5. The van der Waals surface area contributed by atoms with Crippen LogP contribution in [0.5, 0.6) is 0 Å². The van der Waals surface area contributed by atoms with Gasteiger partial charge >= 0.3 is 0 Å². The molecule has 0 aromatic heterocycles. The largest absolute Gasteiger partial charge is 0.0654 e. The molecule has 0 bridgehead atoms. The fraction of sp³-hybridized carbons (Fsp3) is 1.00. The lowest BCUT2D eigenvalue weighted by atomic mass is 9.78. The Hall–Kier alpha value is 0. The third-order valence-electron chi connectivity index (χ3n) is 6.09. The summed E-state index contributed by atoms with van der Waals surface area (Å²) < 4.78 is 0. The molecule has 0 N–H and O–H groups in total. The average molecular weight is 325 g/mol. The van der Waals surface area contributed by atoms with Crippen molar-refractivity contribution >= 4 is 0 Å². The summed E-state index contributed by atoms with van der Waals surface area (Å²) in [6.45, 7) is 14.4. The van der Waals surface area contributed by atoms with Gasteiger partial charge in [-0.15, -0.1) is 0 Å². The first kappa shape index (κ1) is 23.0. The van der Waals surface area contributed by atoms with Gasteiger partial charge in [0.1, 0.15) is 0 Å². The van der Waals surface area contributed by atoms with Gasteiger partial charge in [-0.25, -0.2) is 0 Å². The van der Waals surface area contributed by atoms with Crippen molar-refractivity contribution in [1.29, 1.82) is 0 Å². The molecular formula is C23H48. The van der Waals surface area contributed by atoms with Gasteiger partial charge in [0.25, 0.3) is 0 Å². The van der Waals surface area contributed by atoms with Gasteiger partial charge in [0, 0.05) is 0 Å². The highest BCUT2D eigenvalue weighted by Crippen LogP contribution is 2.31. The van der Waals surface area contributed by atoms with E-state index in [-0.39, 0.29) is 0 Å². The van der Waals surface area contributed by atoms with E-state index in [1.807, 2.05) is 0 Å². The maximum Gasteiger partial charge on any atom is -0.0394 e. The summed E-state index contributed by atoms with van der Waals surface area (Å²) in [7, 11) is 0. The van der Waals surface area contributed by atoms with Crippen molar-refractivity contribution in [2.24, 2.45) is 23.7 Å². The summed E-state index contributed by atoms with van der Waals surface area (Å²) >= 11 is 0. The molecule has 0 aliphatic carbocycles. The predicted molar refractivity (Wildman–Crippen MR) is 108 cm³/mol. The monoisotopic (exact) mass is 324 g/mol. The summed E-state index contributed by atoms with van der Waals surface area (Å²) in [5.74, 6) is 3.60. The van der Waals surface area contributed by atoms with Crippen LogP contribution in [0.3, 0.4) is 0 Å². The molecule has 0 heterocycles. The van der Waals surface area contributed by atoms with Crippen LogP contribution in [-0.2, 0) is 0 Å². The van der Waals surface area contributed by atoms with Gasteiger partial charge in [0.15, 0.2) is 0 Å². The molecule has 0 aliphatic rings.